The molecule has 10 nitrogen and oxygen atoms in total. The number of fused-ring (bicyclic) bond motifs is 2. The summed E-state index contributed by atoms with van der Waals surface area (Å²) < 4.78 is 46.2. The Morgan fingerprint density at radius 2 is 0.874 bits per heavy atom. The van der Waals surface area contributed by atoms with Gasteiger partial charge in [-0.05, 0) is 244 Å². The lowest BCUT2D eigenvalue weighted by Gasteiger charge is -2.45. The smallest absolute Gasteiger partial charge is 0.332 e. The Balaban J connectivity index is 0.000000353. The van der Waals surface area contributed by atoms with Gasteiger partial charge in [0, 0.05) is 12.8 Å². The summed E-state index contributed by atoms with van der Waals surface area (Å²) in [4.78, 5) is 24.1. The maximum absolute atomic E-state index is 13.0. The van der Waals surface area contributed by atoms with Gasteiger partial charge in [-0.15, -0.1) is 0 Å². The van der Waals surface area contributed by atoms with Crippen LogP contribution in [-0.2, 0) is 41.5 Å². The van der Waals surface area contributed by atoms with Crippen LogP contribution in [0.25, 0.3) is 0 Å². The van der Waals surface area contributed by atoms with Gasteiger partial charge in [0.25, 0.3) is 0 Å². The van der Waals surface area contributed by atoms with Gasteiger partial charge in [0.1, 0.15) is 19.3 Å². The van der Waals surface area contributed by atoms with Gasteiger partial charge in [-0.2, -0.15) is 0 Å². The fraction of sp³-hybridized carbons (Fsp3) is 0.778. The molecule has 6 aliphatic rings. The summed E-state index contributed by atoms with van der Waals surface area (Å²) in [5.41, 5.74) is 10.4. The summed E-state index contributed by atoms with van der Waals surface area (Å²) in [5, 5.41) is 9.66. The van der Waals surface area contributed by atoms with Crippen LogP contribution in [0.5, 0.6) is 0 Å². The maximum Gasteiger partial charge on any atom is 0.332 e. The van der Waals surface area contributed by atoms with Gasteiger partial charge in [0.05, 0.1) is 36.6 Å². The third-order valence-electron chi connectivity index (χ3n) is 24.9. The largest absolute Gasteiger partial charge is 0.480 e. The number of carboxylic acid groups (broad SMARTS) is 1. The molecule has 0 aromatic rings. The van der Waals surface area contributed by atoms with Crippen molar-refractivity contribution in [1.82, 2.24) is 0 Å². The van der Waals surface area contributed by atoms with E-state index in [1.165, 1.54) is 33.4 Å². The third kappa shape index (κ3) is 21.8. The van der Waals surface area contributed by atoms with Crippen LogP contribution in [0.1, 0.15) is 241 Å². The second-order valence-corrected chi connectivity index (χ2v) is 56.3. The fourth-order valence-electron chi connectivity index (χ4n) is 14.6. The van der Waals surface area contributed by atoms with Crippen LogP contribution in [0.4, 0.5) is 0 Å². The number of ether oxygens (including phenoxy) is 3. The van der Waals surface area contributed by atoms with Crippen LogP contribution in [0.3, 0.4) is 0 Å². The summed E-state index contributed by atoms with van der Waals surface area (Å²) in [6, 6.07) is 0. The molecular formula is C81H142O10Si4. The van der Waals surface area contributed by atoms with E-state index in [0.717, 1.165) is 114 Å². The first kappa shape index (κ1) is 83.2. The zero-order valence-electron chi connectivity index (χ0n) is 66.1. The number of hydrogen-bond acceptors (Lipinski definition) is 9. The number of aliphatic carboxylic acids is 1. The fourth-order valence-corrected chi connectivity index (χ4v) is 19.9. The molecule has 6 rings (SSSR count). The molecule has 4 saturated carbocycles. The van der Waals surface area contributed by atoms with Crippen molar-refractivity contribution >= 4 is 45.2 Å². The Kier molecular flexibility index (Phi) is 28.6. The van der Waals surface area contributed by atoms with Crippen molar-refractivity contribution in [3.8, 4) is 0 Å². The van der Waals surface area contributed by atoms with E-state index in [1.807, 2.05) is 6.92 Å². The predicted molar refractivity (Wildman–Crippen MR) is 410 cm³/mol. The lowest BCUT2D eigenvalue weighted by atomic mass is 9.63. The predicted octanol–water partition coefficient (Wildman–Crippen LogP) is 22.9. The van der Waals surface area contributed by atoms with Crippen molar-refractivity contribution in [2.75, 3.05) is 13.2 Å². The van der Waals surface area contributed by atoms with Crippen molar-refractivity contribution in [2.45, 2.75) is 356 Å². The molecule has 542 valence electrons. The van der Waals surface area contributed by atoms with Gasteiger partial charge >= 0.3 is 11.9 Å². The Bertz CT molecular complexity index is 2820. The first-order chi connectivity index (χ1) is 43.4. The summed E-state index contributed by atoms with van der Waals surface area (Å²) in [5.74, 6) is 0.899. The summed E-state index contributed by atoms with van der Waals surface area (Å²) in [6.45, 7) is 73.4. The second kappa shape index (κ2) is 32.6. The Hall–Kier alpha value is -2.51. The van der Waals surface area contributed by atoms with Gasteiger partial charge in [0.15, 0.2) is 33.3 Å². The van der Waals surface area contributed by atoms with E-state index >= 15 is 0 Å². The van der Waals surface area contributed by atoms with Crippen molar-refractivity contribution < 1.29 is 46.6 Å². The average molecular weight is 1390 g/mol. The van der Waals surface area contributed by atoms with Crippen LogP contribution in [0, 0.1) is 34.5 Å². The first-order valence-electron chi connectivity index (χ1n) is 37.3. The molecule has 0 heterocycles. The van der Waals surface area contributed by atoms with Crippen molar-refractivity contribution in [2.24, 2.45) is 34.5 Å². The molecule has 0 amide bonds. The number of rotatable bonds is 25. The molecule has 0 radical (unpaired) electrons. The topological polar surface area (TPSA) is 119 Å². The number of carboxylic acids is 1. The zero-order valence-corrected chi connectivity index (χ0v) is 70.1. The third-order valence-corrected chi connectivity index (χ3v) is 42.9. The lowest BCUT2D eigenvalue weighted by molar-refractivity contribution is -0.156. The van der Waals surface area contributed by atoms with Gasteiger partial charge < -0.3 is 37.0 Å². The van der Waals surface area contributed by atoms with Crippen LogP contribution >= 0.6 is 0 Å². The summed E-state index contributed by atoms with van der Waals surface area (Å²) in [6.07, 6.45) is 30.3. The molecule has 0 bridgehead atoms. The maximum atomic E-state index is 13.0. The van der Waals surface area contributed by atoms with Crippen molar-refractivity contribution in [3.63, 3.8) is 0 Å². The average Bonchev–Trinajstić information content (AvgIpc) is 1.66. The molecule has 1 unspecified atom stereocenters. The van der Waals surface area contributed by atoms with E-state index in [2.05, 4.69) is 234 Å². The van der Waals surface area contributed by atoms with Gasteiger partial charge in [-0.25, -0.2) is 9.59 Å². The molecule has 0 spiro atoms. The van der Waals surface area contributed by atoms with E-state index in [9.17, 15) is 9.59 Å². The molecule has 14 heteroatoms. The van der Waals surface area contributed by atoms with E-state index in [4.69, 9.17) is 37.0 Å². The monoisotopic (exact) mass is 1390 g/mol. The van der Waals surface area contributed by atoms with Crippen molar-refractivity contribution in [3.05, 3.63) is 94.2 Å². The molecule has 0 aliphatic heterocycles. The summed E-state index contributed by atoms with van der Waals surface area (Å²) >= 11 is 0. The molecule has 95 heavy (non-hydrogen) atoms. The number of allylic oxidation sites excluding steroid dienone is 8. The summed E-state index contributed by atoms with van der Waals surface area (Å²) in [7, 11) is -7.96. The Morgan fingerprint density at radius 1 is 0.537 bits per heavy atom. The SMILES string of the molecule is C=C1C(=CC=C2CCC[C@]3(C)C([C@H](C)OCC(=O)O)=CCC23)C[C@@H](O[Si](C)(C)C(C)(C)C)C[C@@H]1O[Si](C)(C)C(C)(C)C.C=C1C(=CC=C2CCC[C@]3(C)C([C@H](C)OCC(=O)OC(CCC(C)C)CCC(C)C)=CC[C@@H]23)C[C@@H](O[Si](C)(C)C(C)(C)C)C[C@@H]1O[Si](C)(C)C(C)(C)C. The standard InChI is InChI=1S/C46H82O5Si2.C35H60O5Si2/c1-32(2)20-24-38(25-21-33(3)4)49-43(47)31-48-35(6)40-26-27-41-36(19-18-28-46(40,41)13)22-23-37-29-39(50-52(14,15)44(7,8)9)30-42(34(37)5)51-53(16,17)45(10,11)12;1-24-27(17-16-26-15-14-20-35(9)29(18-19-30(26)35)25(2)38-23-32(36)37)21-28(39-41(10,11)33(3,4)5)22-31(24)40-42(12,13)34(6,7)8/h22-23,26,32-33,35,38-39,41-42H,5,18-21,24-25,27-31H2,1-4,6-17H3;16-18,25,28,30-31H,1,14-15,19-23H2,2-13H3,(H,36,37)/t35-,39+,41-,42-,46+;25-,28+,30?,31-,35+/m00/s1. The van der Waals surface area contributed by atoms with Gasteiger partial charge in [-0.3, -0.25) is 0 Å². The number of carbonyl (C=O) groups is 2. The minimum Gasteiger partial charge on any atom is -0.480 e. The highest BCUT2D eigenvalue weighted by molar-refractivity contribution is 6.75. The lowest BCUT2D eigenvalue weighted by Crippen LogP contribution is -2.49. The second-order valence-electron chi connectivity index (χ2n) is 37.3. The minimum absolute atomic E-state index is 0.00599. The highest BCUT2D eigenvalue weighted by Crippen LogP contribution is 2.58. The van der Waals surface area contributed by atoms with Crippen LogP contribution in [0.2, 0.25) is 72.5 Å². The highest BCUT2D eigenvalue weighted by Gasteiger charge is 2.50. The van der Waals surface area contributed by atoms with Crippen LogP contribution < -0.4 is 0 Å². The molecule has 0 aromatic heterocycles. The van der Waals surface area contributed by atoms with E-state index in [-0.39, 0.29) is 92.9 Å². The van der Waals surface area contributed by atoms with E-state index in [0.29, 0.717) is 23.7 Å². The molecule has 0 saturated heterocycles. The van der Waals surface area contributed by atoms with Crippen LogP contribution in [-0.4, -0.2) is 106 Å². The Morgan fingerprint density at radius 3 is 1.20 bits per heavy atom. The molecule has 10 atom stereocenters. The van der Waals surface area contributed by atoms with Gasteiger partial charge in [-0.1, -0.05) is 185 Å². The molecular weight excluding hydrogens is 1250 g/mol. The van der Waals surface area contributed by atoms with Crippen LogP contribution in [0.15, 0.2) is 94.2 Å². The quantitative estimate of drug-likeness (QED) is 0.0538. The molecule has 0 aromatic carbocycles. The Labute approximate surface area is 586 Å². The van der Waals surface area contributed by atoms with Crippen molar-refractivity contribution in [1.29, 1.82) is 0 Å². The van der Waals surface area contributed by atoms with E-state index in [1.54, 1.807) is 0 Å². The number of hydrogen-bond donors (Lipinski definition) is 1. The number of carbonyl (C=O) groups excluding carboxylic acids is 1. The molecule has 4 fully saturated rings. The van der Waals surface area contributed by atoms with E-state index < -0.39 is 39.2 Å². The number of esters is 1. The molecule has 6 aliphatic carbocycles. The highest BCUT2D eigenvalue weighted by atomic mass is 28.4. The molecule has 1 N–H and O–H groups in total. The zero-order chi connectivity index (χ0) is 72.0. The normalized spacial score (nSPS) is 28.5. The first-order valence-corrected chi connectivity index (χ1v) is 48.9. The van der Waals surface area contributed by atoms with Gasteiger partial charge in [0.2, 0.25) is 0 Å². The minimum atomic E-state index is -2.02.